The fraction of sp³-hybridized carbons (Fsp3) is 0.227. The molecule has 1 aliphatic heterocycles. The molecule has 1 N–H and O–H groups in total. The second-order valence-electron chi connectivity index (χ2n) is 7.74. The van der Waals surface area contributed by atoms with Crippen molar-refractivity contribution in [3.63, 3.8) is 0 Å². The molecular formula is C22H20N4O5S. The van der Waals surface area contributed by atoms with E-state index < -0.39 is 21.8 Å². The normalized spacial score (nSPS) is 15.4. The summed E-state index contributed by atoms with van der Waals surface area (Å²) in [5, 5.41) is 9.87. The molecule has 1 amide bonds. The van der Waals surface area contributed by atoms with E-state index in [0.717, 1.165) is 3.97 Å². The summed E-state index contributed by atoms with van der Waals surface area (Å²) in [6, 6.07) is 14.8. The van der Waals surface area contributed by atoms with Crippen LogP contribution in [-0.4, -0.2) is 51.1 Å². The van der Waals surface area contributed by atoms with Crippen molar-refractivity contribution in [3.05, 3.63) is 71.3 Å². The van der Waals surface area contributed by atoms with Crippen molar-refractivity contribution in [2.24, 2.45) is 0 Å². The predicted octanol–water partition coefficient (Wildman–Crippen LogP) is 2.90. The van der Waals surface area contributed by atoms with Crippen LogP contribution in [0.3, 0.4) is 0 Å². The summed E-state index contributed by atoms with van der Waals surface area (Å²) in [7, 11) is -4.25. The Bertz CT molecular complexity index is 1510. The van der Waals surface area contributed by atoms with Crippen LogP contribution in [0.4, 0.5) is 4.79 Å². The first-order chi connectivity index (χ1) is 15.4. The number of aromatic nitrogens is 3. The number of pyridine rings is 1. The molecule has 1 fully saturated rings. The van der Waals surface area contributed by atoms with Gasteiger partial charge in [-0.25, -0.2) is 18.0 Å². The molecule has 1 saturated heterocycles. The Morgan fingerprint density at radius 3 is 2.38 bits per heavy atom. The van der Waals surface area contributed by atoms with Crippen LogP contribution in [0.15, 0.2) is 70.5 Å². The van der Waals surface area contributed by atoms with Crippen LogP contribution in [0.25, 0.3) is 21.9 Å². The van der Waals surface area contributed by atoms with Crippen molar-refractivity contribution in [2.45, 2.75) is 23.8 Å². The van der Waals surface area contributed by atoms with Gasteiger partial charge in [0.1, 0.15) is 4.90 Å². The number of para-hydroxylation sites is 3. The van der Waals surface area contributed by atoms with Gasteiger partial charge < -0.3 is 10.0 Å². The molecule has 1 aliphatic rings. The fourth-order valence-electron chi connectivity index (χ4n) is 4.43. The average molecular weight is 452 g/mol. The number of hydrogen-bond donors (Lipinski definition) is 1. The topological polar surface area (TPSA) is 114 Å². The summed E-state index contributed by atoms with van der Waals surface area (Å²) in [5.41, 5.74) is 0.426. The zero-order valence-electron chi connectivity index (χ0n) is 17.0. The molecule has 0 saturated carbocycles. The molecule has 164 valence electrons. The highest BCUT2D eigenvalue weighted by Gasteiger charge is 2.31. The van der Waals surface area contributed by atoms with E-state index in [0.29, 0.717) is 29.3 Å². The minimum atomic E-state index is -4.25. The van der Waals surface area contributed by atoms with Crippen LogP contribution in [0.2, 0.25) is 0 Å². The van der Waals surface area contributed by atoms with E-state index in [1.54, 1.807) is 48.5 Å². The number of amides is 1. The molecule has 0 radical (unpaired) electrons. The van der Waals surface area contributed by atoms with Gasteiger partial charge in [0.2, 0.25) is 0 Å². The Morgan fingerprint density at radius 2 is 1.66 bits per heavy atom. The van der Waals surface area contributed by atoms with Gasteiger partial charge in [0.15, 0.2) is 0 Å². The summed E-state index contributed by atoms with van der Waals surface area (Å²) in [4.78, 5) is 30.3. The van der Waals surface area contributed by atoms with E-state index in [1.807, 2.05) is 0 Å². The molecule has 0 unspecified atom stereocenters. The van der Waals surface area contributed by atoms with Crippen LogP contribution in [0.1, 0.15) is 18.9 Å². The number of carbonyl (C=O) groups is 1. The molecular weight excluding hydrogens is 432 g/mol. The van der Waals surface area contributed by atoms with Gasteiger partial charge in [-0.15, -0.1) is 0 Å². The summed E-state index contributed by atoms with van der Waals surface area (Å²) in [5.74, 6) is 0. The standard InChI is InChI=1S/C22H20N4O5S/c27-21-25(16-10-13-24(14-11-16)22(28)29)17-7-1-2-8-18(17)26(21)32(30,31)19-9-3-5-15-6-4-12-23-20(15)19/h1-9,12,16H,10-11,13-14H2,(H,28,29). The molecule has 4 aromatic rings. The highest BCUT2D eigenvalue weighted by molar-refractivity contribution is 7.90. The predicted molar refractivity (Wildman–Crippen MR) is 118 cm³/mol. The monoisotopic (exact) mass is 452 g/mol. The van der Waals surface area contributed by atoms with Crippen molar-refractivity contribution < 1.29 is 18.3 Å². The Kier molecular flexibility index (Phi) is 4.74. The van der Waals surface area contributed by atoms with Gasteiger partial charge in [0, 0.05) is 30.7 Å². The molecule has 10 heteroatoms. The van der Waals surface area contributed by atoms with E-state index in [1.165, 1.54) is 21.7 Å². The van der Waals surface area contributed by atoms with Gasteiger partial charge in [-0.3, -0.25) is 9.55 Å². The average Bonchev–Trinajstić information content (AvgIpc) is 3.11. The molecule has 2 aromatic heterocycles. The second-order valence-corrected chi connectivity index (χ2v) is 9.50. The molecule has 0 spiro atoms. The first-order valence-corrected chi connectivity index (χ1v) is 11.6. The largest absolute Gasteiger partial charge is 0.465 e. The van der Waals surface area contributed by atoms with Gasteiger partial charge in [-0.1, -0.05) is 30.3 Å². The minimum Gasteiger partial charge on any atom is -0.465 e. The van der Waals surface area contributed by atoms with Crippen molar-refractivity contribution in [3.8, 4) is 0 Å². The Labute approximate surface area is 183 Å². The van der Waals surface area contributed by atoms with E-state index in [2.05, 4.69) is 4.98 Å². The lowest BCUT2D eigenvalue weighted by atomic mass is 10.1. The number of hydrogen-bond acceptors (Lipinski definition) is 5. The number of imidazole rings is 1. The lowest BCUT2D eigenvalue weighted by Crippen LogP contribution is -2.40. The number of piperidine rings is 1. The van der Waals surface area contributed by atoms with Crippen molar-refractivity contribution >= 4 is 38.1 Å². The van der Waals surface area contributed by atoms with Crippen LogP contribution >= 0.6 is 0 Å². The van der Waals surface area contributed by atoms with Crippen LogP contribution in [-0.2, 0) is 10.0 Å². The molecule has 9 nitrogen and oxygen atoms in total. The molecule has 2 aromatic carbocycles. The van der Waals surface area contributed by atoms with Gasteiger partial charge in [-0.2, -0.15) is 3.97 Å². The van der Waals surface area contributed by atoms with Gasteiger partial charge >= 0.3 is 11.8 Å². The number of nitrogens with zero attached hydrogens (tertiary/aromatic N) is 4. The second kappa shape index (κ2) is 7.49. The maximum absolute atomic E-state index is 13.7. The molecule has 0 bridgehead atoms. The van der Waals surface area contributed by atoms with Crippen molar-refractivity contribution in [2.75, 3.05) is 13.1 Å². The van der Waals surface area contributed by atoms with E-state index >= 15 is 0 Å². The Hall–Kier alpha value is -3.66. The third-order valence-corrected chi connectivity index (χ3v) is 7.67. The lowest BCUT2D eigenvalue weighted by Gasteiger charge is -2.30. The SMILES string of the molecule is O=C(O)N1CCC(n2c(=O)n(S(=O)(=O)c3cccc4cccnc34)c3ccccc32)CC1. The Balaban J connectivity index is 1.70. The molecule has 0 atom stereocenters. The number of benzene rings is 2. The molecule has 32 heavy (non-hydrogen) atoms. The smallest absolute Gasteiger partial charge is 0.407 e. The van der Waals surface area contributed by atoms with Gasteiger partial charge in [0.25, 0.3) is 10.0 Å². The summed E-state index contributed by atoms with van der Waals surface area (Å²) in [6.45, 7) is 0.567. The number of likely N-dealkylation sites (tertiary alicyclic amines) is 1. The maximum atomic E-state index is 13.7. The highest BCUT2D eigenvalue weighted by Crippen LogP contribution is 2.29. The zero-order valence-corrected chi connectivity index (χ0v) is 17.8. The molecule has 5 rings (SSSR count). The fourth-order valence-corrected chi connectivity index (χ4v) is 6.00. The Morgan fingerprint density at radius 1 is 0.969 bits per heavy atom. The first-order valence-electron chi connectivity index (χ1n) is 10.2. The van der Waals surface area contributed by atoms with Crippen molar-refractivity contribution in [1.29, 1.82) is 0 Å². The third kappa shape index (κ3) is 3.06. The maximum Gasteiger partial charge on any atom is 0.407 e. The summed E-state index contributed by atoms with van der Waals surface area (Å²) < 4.78 is 29.8. The zero-order chi connectivity index (χ0) is 22.5. The van der Waals surface area contributed by atoms with Crippen LogP contribution in [0, 0.1) is 0 Å². The highest BCUT2D eigenvalue weighted by atomic mass is 32.2. The van der Waals surface area contributed by atoms with Gasteiger partial charge in [-0.05, 0) is 37.1 Å². The quantitative estimate of drug-likeness (QED) is 0.511. The molecule has 3 heterocycles. The minimum absolute atomic E-state index is 0.0405. The third-order valence-electron chi connectivity index (χ3n) is 5.95. The van der Waals surface area contributed by atoms with E-state index in [9.17, 15) is 23.1 Å². The van der Waals surface area contributed by atoms with E-state index in [-0.39, 0.29) is 29.5 Å². The van der Waals surface area contributed by atoms with Gasteiger partial charge in [0.05, 0.1) is 16.6 Å². The number of rotatable bonds is 3. The lowest BCUT2D eigenvalue weighted by molar-refractivity contribution is 0.125. The van der Waals surface area contributed by atoms with Crippen LogP contribution in [0.5, 0.6) is 0 Å². The van der Waals surface area contributed by atoms with Crippen LogP contribution < -0.4 is 5.69 Å². The number of fused-ring (bicyclic) bond motifs is 2. The van der Waals surface area contributed by atoms with E-state index in [4.69, 9.17) is 0 Å². The summed E-state index contributed by atoms with van der Waals surface area (Å²) >= 11 is 0. The van der Waals surface area contributed by atoms with Crippen molar-refractivity contribution in [1.82, 2.24) is 18.4 Å². The first kappa shape index (κ1) is 20.3. The molecule has 0 aliphatic carbocycles. The number of carboxylic acid groups (broad SMARTS) is 1. The summed E-state index contributed by atoms with van der Waals surface area (Å²) in [6.07, 6.45) is 1.37.